The van der Waals surface area contributed by atoms with Gasteiger partial charge in [-0.05, 0) is 42.9 Å². The molecule has 0 aliphatic rings. The predicted octanol–water partition coefficient (Wildman–Crippen LogP) is 6.54. The van der Waals surface area contributed by atoms with Crippen molar-refractivity contribution in [2.45, 2.75) is 91.0 Å². The molecule has 0 aromatic heterocycles. The highest BCUT2D eigenvalue weighted by Crippen LogP contribution is 2.27. The van der Waals surface area contributed by atoms with Crippen LogP contribution in [-0.2, 0) is 5.41 Å². The summed E-state index contributed by atoms with van der Waals surface area (Å²) in [5.74, 6) is 0. The Morgan fingerprint density at radius 1 is 0.857 bits per heavy atom. The van der Waals surface area contributed by atoms with Crippen molar-refractivity contribution in [1.29, 1.82) is 0 Å². The smallest absolute Gasteiger partial charge is 0.0344 e. The van der Waals surface area contributed by atoms with Crippen LogP contribution in [-0.4, -0.2) is 5.54 Å². The van der Waals surface area contributed by atoms with E-state index < -0.39 is 0 Å². The van der Waals surface area contributed by atoms with Crippen LogP contribution in [0.4, 0.5) is 5.69 Å². The Morgan fingerprint density at radius 3 is 1.95 bits per heavy atom. The summed E-state index contributed by atoms with van der Waals surface area (Å²) in [6, 6.07) is 8.99. The van der Waals surface area contributed by atoms with Crippen molar-refractivity contribution in [1.82, 2.24) is 0 Å². The van der Waals surface area contributed by atoms with Crippen LogP contribution in [0, 0.1) is 0 Å². The van der Waals surface area contributed by atoms with E-state index in [1.165, 1.54) is 49.8 Å². The Kier molecular flexibility index (Phi) is 6.77. The molecule has 0 bridgehead atoms. The molecule has 0 amide bonds. The van der Waals surface area contributed by atoms with Crippen molar-refractivity contribution < 1.29 is 0 Å². The molecule has 21 heavy (non-hydrogen) atoms. The zero-order valence-electron chi connectivity index (χ0n) is 15.1. The maximum absolute atomic E-state index is 3.76. The van der Waals surface area contributed by atoms with E-state index in [0.29, 0.717) is 0 Å². The van der Waals surface area contributed by atoms with Crippen molar-refractivity contribution in [2.75, 3.05) is 5.32 Å². The highest BCUT2D eigenvalue weighted by molar-refractivity contribution is 5.47. The van der Waals surface area contributed by atoms with Crippen LogP contribution >= 0.6 is 0 Å². The second-order valence-corrected chi connectivity index (χ2v) is 7.68. The van der Waals surface area contributed by atoms with Gasteiger partial charge in [0.15, 0.2) is 0 Å². The monoisotopic (exact) mass is 289 g/mol. The molecule has 1 heteroatoms. The number of benzene rings is 1. The van der Waals surface area contributed by atoms with E-state index in [9.17, 15) is 0 Å². The summed E-state index contributed by atoms with van der Waals surface area (Å²) in [6.45, 7) is 13.7. The van der Waals surface area contributed by atoms with Crippen LogP contribution in [0.3, 0.4) is 0 Å². The SMILES string of the molecule is CCCCCCC(C)(CC)Nc1ccc(C(C)(C)C)cc1. The maximum Gasteiger partial charge on any atom is 0.0344 e. The molecule has 0 spiro atoms. The quantitative estimate of drug-likeness (QED) is 0.536. The van der Waals surface area contributed by atoms with E-state index in [4.69, 9.17) is 0 Å². The zero-order chi connectivity index (χ0) is 15.9. The van der Waals surface area contributed by atoms with Crippen LogP contribution in [0.1, 0.15) is 85.6 Å². The van der Waals surface area contributed by atoms with Crippen LogP contribution in [0.2, 0.25) is 0 Å². The van der Waals surface area contributed by atoms with E-state index in [1.807, 2.05) is 0 Å². The van der Waals surface area contributed by atoms with Gasteiger partial charge >= 0.3 is 0 Å². The number of hydrogen-bond donors (Lipinski definition) is 1. The second kappa shape index (κ2) is 7.87. The van der Waals surface area contributed by atoms with Crippen LogP contribution < -0.4 is 5.32 Å². The summed E-state index contributed by atoms with van der Waals surface area (Å²) in [7, 11) is 0. The summed E-state index contributed by atoms with van der Waals surface area (Å²) >= 11 is 0. The molecular weight excluding hydrogens is 254 g/mol. The standard InChI is InChI=1S/C20H35N/c1-7-9-10-11-16-20(6,8-2)21-18-14-12-17(13-15-18)19(3,4)5/h12-15,21H,7-11,16H2,1-6H3. The lowest BCUT2D eigenvalue weighted by Crippen LogP contribution is -2.33. The van der Waals surface area contributed by atoms with Crippen molar-refractivity contribution in [3.8, 4) is 0 Å². The highest BCUT2D eigenvalue weighted by atomic mass is 15.0. The summed E-state index contributed by atoms with van der Waals surface area (Å²) in [5, 5.41) is 3.76. The van der Waals surface area contributed by atoms with E-state index in [0.717, 1.165) is 0 Å². The van der Waals surface area contributed by atoms with E-state index in [-0.39, 0.29) is 11.0 Å². The number of rotatable bonds is 8. The zero-order valence-corrected chi connectivity index (χ0v) is 15.1. The van der Waals surface area contributed by atoms with Gasteiger partial charge in [0.1, 0.15) is 0 Å². The molecule has 0 aliphatic carbocycles. The van der Waals surface area contributed by atoms with Gasteiger partial charge < -0.3 is 5.32 Å². The number of unbranched alkanes of at least 4 members (excludes halogenated alkanes) is 3. The van der Waals surface area contributed by atoms with Gasteiger partial charge in [-0.15, -0.1) is 0 Å². The molecule has 0 aliphatic heterocycles. The highest BCUT2D eigenvalue weighted by Gasteiger charge is 2.21. The number of anilines is 1. The second-order valence-electron chi connectivity index (χ2n) is 7.68. The van der Waals surface area contributed by atoms with E-state index >= 15 is 0 Å². The minimum absolute atomic E-state index is 0.219. The predicted molar refractivity (Wildman–Crippen MR) is 96.2 cm³/mol. The molecule has 1 aromatic rings. The summed E-state index contributed by atoms with van der Waals surface area (Å²) in [5.41, 5.74) is 3.10. The van der Waals surface area contributed by atoms with Gasteiger partial charge in [-0.25, -0.2) is 0 Å². The van der Waals surface area contributed by atoms with Crippen molar-refractivity contribution >= 4 is 5.69 Å². The molecule has 0 radical (unpaired) electrons. The van der Waals surface area contributed by atoms with Gasteiger partial charge in [0.05, 0.1) is 0 Å². The van der Waals surface area contributed by atoms with Gasteiger partial charge in [0, 0.05) is 11.2 Å². The fraction of sp³-hybridized carbons (Fsp3) is 0.700. The molecule has 0 fully saturated rings. The molecule has 1 unspecified atom stereocenters. The molecule has 1 aromatic carbocycles. The first-order valence-corrected chi connectivity index (χ1v) is 8.69. The largest absolute Gasteiger partial charge is 0.380 e. The molecule has 0 saturated carbocycles. The Labute approximate surface area is 132 Å². The normalized spacial score (nSPS) is 14.8. The Balaban J connectivity index is 2.63. The number of hydrogen-bond acceptors (Lipinski definition) is 1. The van der Waals surface area contributed by atoms with Gasteiger partial charge in [0.2, 0.25) is 0 Å². The van der Waals surface area contributed by atoms with Gasteiger partial charge in [-0.3, -0.25) is 0 Å². The average Bonchev–Trinajstić information content (AvgIpc) is 2.43. The third-order valence-corrected chi connectivity index (χ3v) is 4.56. The summed E-state index contributed by atoms with van der Waals surface area (Å²) < 4.78 is 0. The van der Waals surface area contributed by atoms with Crippen molar-refractivity contribution in [3.63, 3.8) is 0 Å². The first-order valence-electron chi connectivity index (χ1n) is 8.69. The molecular formula is C20H35N. The molecule has 1 N–H and O–H groups in total. The molecule has 0 heterocycles. The molecule has 120 valence electrons. The molecule has 1 atom stereocenters. The summed E-state index contributed by atoms with van der Waals surface area (Å²) in [4.78, 5) is 0. The van der Waals surface area contributed by atoms with Crippen LogP contribution in [0.5, 0.6) is 0 Å². The molecule has 1 rings (SSSR count). The lowest BCUT2D eigenvalue weighted by atomic mass is 9.86. The van der Waals surface area contributed by atoms with E-state index in [2.05, 4.69) is 71.1 Å². The average molecular weight is 290 g/mol. The number of nitrogens with one attached hydrogen (secondary N) is 1. The van der Waals surface area contributed by atoms with Crippen molar-refractivity contribution in [3.05, 3.63) is 29.8 Å². The lowest BCUT2D eigenvalue weighted by molar-refractivity contribution is 0.430. The first-order chi connectivity index (χ1) is 9.80. The van der Waals surface area contributed by atoms with Gasteiger partial charge in [-0.2, -0.15) is 0 Å². The van der Waals surface area contributed by atoms with E-state index in [1.54, 1.807) is 0 Å². The summed E-state index contributed by atoms with van der Waals surface area (Å²) in [6.07, 6.45) is 7.78. The third kappa shape index (κ3) is 6.11. The van der Waals surface area contributed by atoms with Crippen LogP contribution in [0.15, 0.2) is 24.3 Å². The van der Waals surface area contributed by atoms with Gasteiger partial charge in [-0.1, -0.05) is 72.4 Å². The Bertz CT molecular complexity index is 399. The fourth-order valence-electron chi connectivity index (χ4n) is 2.67. The molecule has 1 nitrogen and oxygen atoms in total. The fourth-order valence-corrected chi connectivity index (χ4v) is 2.67. The van der Waals surface area contributed by atoms with Crippen LogP contribution in [0.25, 0.3) is 0 Å². The Morgan fingerprint density at radius 2 is 1.48 bits per heavy atom. The van der Waals surface area contributed by atoms with Gasteiger partial charge in [0.25, 0.3) is 0 Å². The first kappa shape index (κ1) is 18.1. The third-order valence-electron chi connectivity index (χ3n) is 4.56. The lowest BCUT2D eigenvalue weighted by Gasteiger charge is -2.31. The maximum atomic E-state index is 3.76. The minimum atomic E-state index is 0.219. The molecule has 0 saturated heterocycles. The minimum Gasteiger partial charge on any atom is -0.380 e. The topological polar surface area (TPSA) is 12.0 Å². The Hall–Kier alpha value is -0.980. The van der Waals surface area contributed by atoms with Crippen molar-refractivity contribution in [2.24, 2.45) is 0 Å².